The van der Waals surface area contributed by atoms with Crippen LogP contribution in [0, 0.1) is 14.9 Å². The molecule has 84 valence electrons. The van der Waals surface area contributed by atoms with Gasteiger partial charge in [0.2, 0.25) is 0 Å². The Bertz CT molecular complexity index is 575. The van der Waals surface area contributed by atoms with Crippen molar-refractivity contribution in [2.24, 2.45) is 0 Å². The summed E-state index contributed by atoms with van der Waals surface area (Å²) in [5, 5.41) is 18.0. The topological polar surface area (TPSA) is 44.0 Å². The van der Waals surface area contributed by atoms with Crippen molar-refractivity contribution in [1.82, 2.24) is 0 Å². The zero-order valence-corrected chi connectivity index (χ0v) is 11.7. The summed E-state index contributed by atoms with van der Waals surface area (Å²) in [5.74, 6) is 0.267. The summed E-state index contributed by atoms with van der Waals surface area (Å²) in [7, 11) is 0. The third-order valence-electron chi connectivity index (χ3n) is 2.13. The molecule has 2 nitrogen and oxygen atoms in total. The minimum Gasteiger partial charge on any atom is -0.508 e. The highest BCUT2D eigenvalue weighted by Gasteiger charge is 2.02. The molecule has 0 amide bonds. The van der Waals surface area contributed by atoms with E-state index in [9.17, 15) is 5.11 Å². The first-order valence-corrected chi connectivity index (χ1v) is 6.75. The van der Waals surface area contributed by atoms with Crippen LogP contribution in [-0.4, -0.2) is 5.11 Å². The Hall–Kier alpha value is -1.19. The molecule has 0 saturated carbocycles. The Kier molecular flexibility index (Phi) is 3.92. The zero-order chi connectivity index (χ0) is 12.3. The van der Waals surface area contributed by atoms with Gasteiger partial charge in [0, 0.05) is 13.4 Å². The van der Waals surface area contributed by atoms with E-state index in [1.54, 1.807) is 23.9 Å². The van der Waals surface area contributed by atoms with Crippen molar-refractivity contribution in [1.29, 1.82) is 5.26 Å². The van der Waals surface area contributed by atoms with Crippen LogP contribution in [0.25, 0.3) is 0 Å². The van der Waals surface area contributed by atoms with Gasteiger partial charge in [-0.25, -0.2) is 0 Å². The molecule has 0 spiro atoms. The smallest absolute Gasteiger partial charge is 0.115 e. The molecule has 2 rings (SSSR count). The van der Waals surface area contributed by atoms with Gasteiger partial charge in [-0.15, -0.1) is 0 Å². The van der Waals surface area contributed by atoms with Crippen molar-refractivity contribution in [3.63, 3.8) is 0 Å². The monoisotopic (exact) mass is 353 g/mol. The summed E-state index contributed by atoms with van der Waals surface area (Å²) in [4.78, 5) is 2.14. The Balaban J connectivity index is 2.22. The summed E-state index contributed by atoms with van der Waals surface area (Å²) >= 11 is 3.76. The number of rotatable bonds is 2. The number of phenols is 1. The van der Waals surface area contributed by atoms with Gasteiger partial charge in [-0.05, 0) is 65.1 Å². The molecule has 0 heterocycles. The maximum atomic E-state index is 9.19. The van der Waals surface area contributed by atoms with Crippen LogP contribution >= 0.6 is 34.4 Å². The highest BCUT2D eigenvalue weighted by molar-refractivity contribution is 14.1. The number of nitrogens with zero attached hydrogens (tertiary/aromatic N) is 1. The van der Waals surface area contributed by atoms with Gasteiger partial charge < -0.3 is 5.11 Å². The minimum atomic E-state index is 0.267. The standard InChI is InChI=1S/C13H8INOS/c14-13-7-12(4-1-9(13)8-15)17-11-5-2-10(16)3-6-11/h1-7,16H. The second-order valence-corrected chi connectivity index (χ2v) is 5.66. The number of nitriles is 1. The van der Waals surface area contributed by atoms with E-state index in [1.165, 1.54) is 0 Å². The maximum Gasteiger partial charge on any atom is 0.115 e. The van der Waals surface area contributed by atoms with Crippen molar-refractivity contribution in [3.8, 4) is 11.8 Å². The average Bonchev–Trinajstić information content (AvgIpc) is 2.32. The summed E-state index contributed by atoms with van der Waals surface area (Å²) in [5.41, 5.74) is 0.695. The van der Waals surface area contributed by atoms with Crippen LogP contribution in [0.3, 0.4) is 0 Å². The first-order valence-electron chi connectivity index (χ1n) is 4.85. The highest BCUT2D eigenvalue weighted by Crippen LogP contribution is 2.30. The van der Waals surface area contributed by atoms with E-state index < -0.39 is 0 Å². The molecule has 0 saturated heterocycles. The van der Waals surface area contributed by atoms with Crippen LogP contribution in [0.5, 0.6) is 5.75 Å². The fourth-order valence-corrected chi connectivity index (χ4v) is 3.00. The Morgan fingerprint density at radius 3 is 2.29 bits per heavy atom. The molecule has 0 aliphatic carbocycles. The molecule has 0 aromatic heterocycles. The van der Waals surface area contributed by atoms with Crippen molar-refractivity contribution >= 4 is 34.4 Å². The van der Waals surface area contributed by atoms with Gasteiger partial charge in [-0.1, -0.05) is 11.8 Å². The van der Waals surface area contributed by atoms with Crippen LogP contribution in [0.15, 0.2) is 52.3 Å². The first-order chi connectivity index (χ1) is 8.19. The Morgan fingerprint density at radius 2 is 1.71 bits per heavy atom. The van der Waals surface area contributed by atoms with Crippen molar-refractivity contribution in [3.05, 3.63) is 51.6 Å². The Morgan fingerprint density at radius 1 is 1.06 bits per heavy atom. The summed E-state index contributed by atoms with van der Waals surface area (Å²) in [6.45, 7) is 0. The van der Waals surface area contributed by atoms with Gasteiger partial charge in [-0.3, -0.25) is 0 Å². The second-order valence-electron chi connectivity index (χ2n) is 3.35. The fraction of sp³-hybridized carbons (Fsp3) is 0. The summed E-state index contributed by atoms with van der Waals surface area (Å²) < 4.78 is 0.953. The minimum absolute atomic E-state index is 0.267. The summed E-state index contributed by atoms with van der Waals surface area (Å²) in [6, 6.07) is 14.9. The molecular formula is C13H8INOS. The average molecular weight is 353 g/mol. The van der Waals surface area contributed by atoms with Crippen LogP contribution < -0.4 is 0 Å². The lowest BCUT2D eigenvalue weighted by Crippen LogP contribution is -1.82. The molecule has 2 aromatic rings. The van der Waals surface area contributed by atoms with Gasteiger partial charge in [0.1, 0.15) is 11.8 Å². The first kappa shape index (κ1) is 12.3. The van der Waals surface area contributed by atoms with E-state index in [0.29, 0.717) is 5.56 Å². The summed E-state index contributed by atoms with van der Waals surface area (Å²) in [6.07, 6.45) is 0. The predicted molar refractivity (Wildman–Crippen MR) is 76.1 cm³/mol. The predicted octanol–water partition coefficient (Wildman–Crippen LogP) is 4.02. The highest BCUT2D eigenvalue weighted by atomic mass is 127. The van der Waals surface area contributed by atoms with Gasteiger partial charge in [0.15, 0.2) is 0 Å². The normalized spacial score (nSPS) is 9.88. The van der Waals surface area contributed by atoms with Crippen molar-refractivity contribution in [2.45, 2.75) is 9.79 Å². The molecule has 0 radical (unpaired) electrons. The number of aromatic hydroxyl groups is 1. The van der Waals surface area contributed by atoms with Gasteiger partial charge in [0.05, 0.1) is 5.56 Å². The molecule has 17 heavy (non-hydrogen) atoms. The van der Waals surface area contributed by atoms with Crippen LogP contribution in [0.2, 0.25) is 0 Å². The molecular weight excluding hydrogens is 345 g/mol. The van der Waals surface area contributed by atoms with Crippen molar-refractivity contribution < 1.29 is 5.11 Å². The van der Waals surface area contributed by atoms with E-state index in [1.807, 2.05) is 30.3 Å². The third kappa shape index (κ3) is 3.14. The van der Waals surface area contributed by atoms with Gasteiger partial charge >= 0.3 is 0 Å². The largest absolute Gasteiger partial charge is 0.508 e. The van der Waals surface area contributed by atoms with E-state index in [4.69, 9.17) is 5.26 Å². The maximum absolute atomic E-state index is 9.19. The van der Waals surface area contributed by atoms with E-state index in [-0.39, 0.29) is 5.75 Å². The number of halogens is 1. The molecule has 0 aliphatic rings. The number of hydrogen-bond donors (Lipinski definition) is 1. The lowest BCUT2D eigenvalue weighted by Gasteiger charge is -2.03. The lowest BCUT2D eigenvalue weighted by molar-refractivity contribution is 0.475. The number of phenolic OH excluding ortho intramolecular Hbond substituents is 1. The molecule has 0 unspecified atom stereocenters. The number of hydrogen-bond acceptors (Lipinski definition) is 3. The Labute approximate surface area is 117 Å². The molecule has 0 atom stereocenters. The van der Waals surface area contributed by atoms with Crippen LogP contribution in [-0.2, 0) is 0 Å². The molecule has 0 fully saturated rings. The van der Waals surface area contributed by atoms with E-state index in [2.05, 4.69) is 28.7 Å². The van der Waals surface area contributed by atoms with Crippen molar-refractivity contribution in [2.75, 3.05) is 0 Å². The molecule has 4 heteroatoms. The van der Waals surface area contributed by atoms with Gasteiger partial charge in [-0.2, -0.15) is 5.26 Å². The van der Waals surface area contributed by atoms with Crippen LogP contribution in [0.4, 0.5) is 0 Å². The van der Waals surface area contributed by atoms with Crippen LogP contribution in [0.1, 0.15) is 5.56 Å². The fourth-order valence-electron chi connectivity index (χ4n) is 1.30. The van der Waals surface area contributed by atoms with Gasteiger partial charge in [0.25, 0.3) is 0 Å². The van der Waals surface area contributed by atoms with E-state index >= 15 is 0 Å². The lowest BCUT2D eigenvalue weighted by atomic mass is 10.2. The SMILES string of the molecule is N#Cc1ccc(Sc2ccc(O)cc2)cc1I. The zero-order valence-electron chi connectivity index (χ0n) is 8.72. The third-order valence-corrected chi connectivity index (χ3v) is 4.02. The molecule has 1 N–H and O–H groups in total. The second kappa shape index (κ2) is 5.43. The molecule has 0 bridgehead atoms. The molecule has 0 aliphatic heterocycles. The van der Waals surface area contributed by atoms with E-state index in [0.717, 1.165) is 13.4 Å². The quantitative estimate of drug-likeness (QED) is 0.830. The molecule has 2 aromatic carbocycles. The number of benzene rings is 2.